The van der Waals surface area contributed by atoms with Crippen molar-refractivity contribution >= 4 is 6.03 Å². The Kier molecular flexibility index (Phi) is 3.49. The lowest BCUT2D eigenvalue weighted by atomic mass is 9.93. The van der Waals surface area contributed by atoms with Gasteiger partial charge in [-0.15, -0.1) is 0 Å². The Bertz CT molecular complexity index is 226. The monoisotopic (exact) mass is 210 g/mol. The SMILES string of the molecule is CCC1CCCN(C(=O)NC2CCC2)C1. The Labute approximate surface area is 92.2 Å². The number of hydrogen-bond acceptors (Lipinski definition) is 1. The van der Waals surface area contributed by atoms with Gasteiger partial charge in [0.2, 0.25) is 0 Å². The van der Waals surface area contributed by atoms with Gasteiger partial charge < -0.3 is 10.2 Å². The standard InChI is InChI=1S/C12H22N2O/c1-2-10-5-4-8-14(9-10)12(15)13-11-6-3-7-11/h10-11H,2-9H2,1H3,(H,13,15). The van der Waals surface area contributed by atoms with Crippen LogP contribution >= 0.6 is 0 Å². The first-order valence-corrected chi connectivity index (χ1v) is 6.35. The summed E-state index contributed by atoms with van der Waals surface area (Å²) in [7, 11) is 0. The van der Waals surface area contributed by atoms with Crippen LogP contribution in [0, 0.1) is 5.92 Å². The van der Waals surface area contributed by atoms with Crippen LogP contribution < -0.4 is 5.32 Å². The summed E-state index contributed by atoms with van der Waals surface area (Å²) in [6, 6.07) is 0.650. The molecule has 86 valence electrons. The first-order chi connectivity index (χ1) is 7.29. The maximum absolute atomic E-state index is 11.9. The number of hydrogen-bond donors (Lipinski definition) is 1. The summed E-state index contributed by atoms with van der Waals surface area (Å²) in [4.78, 5) is 13.9. The number of nitrogens with one attached hydrogen (secondary N) is 1. The number of piperidine rings is 1. The van der Waals surface area contributed by atoms with E-state index in [0.717, 1.165) is 19.0 Å². The molecule has 15 heavy (non-hydrogen) atoms. The third-order valence-electron chi connectivity index (χ3n) is 3.82. The second kappa shape index (κ2) is 4.86. The normalized spacial score (nSPS) is 27.3. The maximum atomic E-state index is 11.9. The van der Waals surface area contributed by atoms with Gasteiger partial charge in [-0.3, -0.25) is 0 Å². The van der Waals surface area contributed by atoms with E-state index in [9.17, 15) is 4.79 Å². The molecule has 1 N–H and O–H groups in total. The van der Waals surface area contributed by atoms with Crippen LogP contribution in [-0.4, -0.2) is 30.1 Å². The number of carbonyl (C=O) groups excluding carboxylic acids is 1. The predicted molar refractivity (Wildman–Crippen MR) is 60.8 cm³/mol. The molecular weight excluding hydrogens is 188 g/mol. The van der Waals surface area contributed by atoms with E-state index < -0.39 is 0 Å². The lowest BCUT2D eigenvalue weighted by Crippen LogP contribution is -2.50. The topological polar surface area (TPSA) is 32.3 Å². The van der Waals surface area contributed by atoms with Gasteiger partial charge in [0.15, 0.2) is 0 Å². The van der Waals surface area contributed by atoms with Crippen LogP contribution in [-0.2, 0) is 0 Å². The van der Waals surface area contributed by atoms with Gasteiger partial charge in [0.25, 0.3) is 0 Å². The van der Waals surface area contributed by atoms with E-state index >= 15 is 0 Å². The zero-order chi connectivity index (χ0) is 10.7. The molecule has 1 aliphatic carbocycles. The van der Waals surface area contributed by atoms with Crippen molar-refractivity contribution in [2.24, 2.45) is 5.92 Å². The van der Waals surface area contributed by atoms with Crippen molar-refractivity contribution in [2.45, 2.75) is 51.5 Å². The fraction of sp³-hybridized carbons (Fsp3) is 0.917. The Morgan fingerprint density at radius 2 is 2.13 bits per heavy atom. The van der Waals surface area contributed by atoms with Crippen LogP contribution in [0.2, 0.25) is 0 Å². The Morgan fingerprint density at radius 1 is 1.33 bits per heavy atom. The highest BCUT2D eigenvalue weighted by Gasteiger charge is 2.26. The molecule has 1 atom stereocenters. The average Bonchev–Trinajstić information content (AvgIpc) is 2.23. The summed E-state index contributed by atoms with van der Waals surface area (Å²) in [6.45, 7) is 4.14. The van der Waals surface area contributed by atoms with E-state index in [4.69, 9.17) is 0 Å². The van der Waals surface area contributed by atoms with Gasteiger partial charge >= 0.3 is 6.03 Å². The summed E-state index contributed by atoms with van der Waals surface area (Å²) >= 11 is 0. The third kappa shape index (κ3) is 2.64. The number of likely N-dealkylation sites (tertiary alicyclic amines) is 1. The lowest BCUT2D eigenvalue weighted by molar-refractivity contribution is 0.156. The summed E-state index contributed by atoms with van der Waals surface area (Å²) in [5.74, 6) is 0.728. The second-order valence-corrected chi connectivity index (χ2v) is 4.94. The van der Waals surface area contributed by atoms with Gasteiger partial charge in [0.05, 0.1) is 0 Å². The summed E-state index contributed by atoms with van der Waals surface area (Å²) in [6.07, 6.45) is 7.31. The minimum absolute atomic E-state index is 0.179. The molecule has 1 unspecified atom stereocenters. The van der Waals surface area contributed by atoms with E-state index in [1.165, 1.54) is 38.5 Å². The van der Waals surface area contributed by atoms with Crippen LogP contribution in [0.4, 0.5) is 4.79 Å². The van der Waals surface area contributed by atoms with E-state index in [1.54, 1.807) is 0 Å². The molecule has 0 radical (unpaired) electrons. The van der Waals surface area contributed by atoms with E-state index in [0.29, 0.717) is 6.04 Å². The van der Waals surface area contributed by atoms with Crippen molar-refractivity contribution in [2.75, 3.05) is 13.1 Å². The Hall–Kier alpha value is -0.730. The molecule has 2 fully saturated rings. The molecule has 0 aromatic rings. The first-order valence-electron chi connectivity index (χ1n) is 6.35. The highest BCUT2D eigenvalue weighted by molar-refractivity contribution is 5.74. The van der Waals surface area contributed by atoms with Crippen LogP contribution in [0.1, 0.15) is 45.4 Å². The van der Waals surface area contributed by atoms with Gasteiger partial charge in [0.1, 0.15) is 0 Å². The minimum atomic E-state index is 0.179. The molecule has 3 nitrogen and oxygen atoms in total. The summed E-state index contributed by atoms with van der Waals surface area (Å²) in [5.41, 5.74) is 0. The van der Waals surface area contributed by atoms with Crippen molar-refractivity contribution in [3.63, 3.8) is 0 Å². The first kappa shape index (κ1) is 10.8. The van der Waals surface area contributed by atoms with Gasteiger partial charge in [-0.25, -0.2) is 4.79 Å². The number of urea groups is 1. The summed E-state index contributed by atoms with van der Waals surface area (Å²) < 4.78 is 0. The van der Waals surface area contributed by atoms with E-state index in [-0.39, 0.29) is 6.03 Å². The highest BCUT2D eigenvalue weighted by atomic mass is 16.2. The number of carbonyl (C=O) groups is 1. The fourth-order valence-corrected chi connectivity index (χ4v) is 2.40. The van der Waals surface area contributed by atoms with Gasteiger partial charge in [0, 0.05) is 19.1 Å². The van der Waals surface area contributed by atoms with Crippen LogP contribution in [0.25, 0.3) is 0 Å². The highest BCUT2D eigenvalue weighted by Crippen LogP contribution is 2.21. The maximum Gasteiger partial charge on any atom is 0.317 e. The Balaban J connectivity index is 1.78. The van der Waals surface area contributed by atoms with Crippen molar-refractivity contribution in [1.82, 2.24) is 10.2 Å². The molecule has 1 saturated heterocycles. The van der Waals surface area contributed by atoms with Crippen molar-refractivity contribution in [1.29, 1.82) is 0 Å². The van der Waals surface area contributed by atoms with E-state index in [1.807, 2.05) is 4.90 Å². The number of nitrogens with zero attached hydrogens (tertiary/aromatic N) is 1. The van der Waals surface area contributed by atoms with Gasteiger partial charge in [-0.05, 0) is 38.0 Å². The molecule has 2 amide bonds. The number of amides is 2. The molecular formula is C12H22N2O. The average molecular weight is 210 g/mol. The second-order valence-electron chi connectivity index (χ2n) is 4.94. The van der Waals surface area contributed by atoms with Crippen LogP contribution in [0.5, 0.6) is 0 Å². The predicted octanol–water partition coefficient (Wildman–Crippen LogP) is 2.37. The Morgan fingerprint density at radius 3 is 2.73 bits per heavy atom. The third-order valence-corrected chi connectivity index (χ3v) is 3.82. The quantitative estimate of drug-likeness (QED) is 0.745. The lowest BCUT2D eigenvalue weighted by Gasteiger charge is -2.35. The smallest absolute Gasteiger partial charge is 0.317 e. The largest absolute Gasteiger partial charge is 0.335 e. The molecule has 3 heteroatoms. The summed E-state index contributed by atoms with van der Waals surface area (Å²) in [5, 5.41) is 3.12. The number of rotatable bonds is 2. The van der Waals surface area contributed by atoms with E-state index in [2.05, 4.69) is 12.2 Å². The van der Waals surface area contributed by atoms with Crippen LogP contribution in [0.15, 0.2) is 0 Å². The molecule has 1 aliphatic heterocycles. The zero-order valence-corrected chi connectivity index (χ0v) is 9.67. The van der Waals surface area contributed by atoms with Gasteiger partial charge in [-0.1, -0.05) is 13.3 Å². The molecule has 1 heterocycles. The molecule has 1 saturated carbocycles. The van der Waals surface area contributed by atoms with Crippen LogP contribution in [0.3, 0.4) is 0 Å². The zero-order valence-electron chi connectivity index (χ0n) is 9.67. The molecule has 0 spiro atoms. The fourth-order valence-electron chi connectivity index (χ4n) is 2.40. The molecule has 0 bridgehead atoms. The van der Waals surface area contributed by atoms with Crippen molar-refractivity contribution < 1.29 is 4.79 Å². The van der Waals surface area contributed by atoms with Crippen molar-refractivity contribution in [3.05, 3.63) is 0 Å². The molecule has 2 aliphatic rings. The van der Waals surface area contributed by atoms with Gasteiger partial charge in [-0.2, -0.15) is 0 Å². The molecule has 0 aromatic carbocycles. The van der Waals surface area contributed by atoms with Crippen molar-refractivity contribution in [3.8, 4) is 0 Å². The minimum Gasteiger partial charge on any atom is -0.335 e. The molecule has 0 aromatic heterocycles. The molecule has 2 rings (SSSR count).